The maximum Gasteiger partial charge on any atom is 0.324 e. The molecule has 2 N–H and O–H groups in total. The second-order valence-corrected chi connectivity index (χ2v) is 6.58. The van der Waals surface area contributed by atoms with E-state index in [1.165, 1.54) is 19.4 Å². The molecule has 1 aliphatic rings. The molecular formula is C14H20N4O7. The van der Waals surface area contributed by atoms with E-state index in [2.05, 4.69) is 26.1 Å². The number of nitrogens with zero attached hydrogens (tertiary/aromatic N) is 3. The Bertz CT molecular complexity index is 655. The molecule has 1 aromatic carbocycles. The zero-order valence-electron chi connectivity index (χ0n) is 14.1. The largest absolute Gasteiger partial charge is 0.497 e. The molecule has 1 unspecified atom stereocenters. The number of hydrogen-bond donors (Lipinski definition) is 2. The summed E-state index contributed by atoms with van der Waals surface area (Å²) < 4.78 is 0. The van der Waals surface area contributed by atoms with Crippen LogP contribution < -0.4 is 5.32 Å². The number of nitro groups is 3. The fourth-order valence-electron chi connectivity index (χ4n) is 2.63. The molecule has 25 heavy (non-hydrogen) atoms. The van der Waals surface area contributed by atoms with Crippen molar-refractivity contribution in [2.24, 2.45) is 5.41 Å². The molecule has 1 atom stereocenters. The number of phenolic OH excluding ortho intramolecular Hbond substituents is 1. The highest BCUT2D eigenvalue weighted by Crippen LogP contribution is 2.38. The van der Waals surface area contributed by atoms with Crippen LogP contribution in [0.1, 0.15) is 33.6 Å². The Balaban J connectivity index is 0.000000293. The van der Waals surface area contributed by atoms with Crippen LogP contribution in [0.5, 0.6) is 5.75 Å². The summed E-state index contributed by atoms with van der Waals surface area (Å²) in [5.74, 6) is -1.21. The van der Waals surface area contributed by atoms with Gasteiger partial charge in [-0.3, -0.25) is 30.3 Å². The molecule has 11 heteroatoms. The first-order valence-electron chi connectivity index (χ1n) is 7.48. The van der Waals surface area contributed by atoms with Gasteiger partial charge in [-0.1, -0.05) is 13.8 Å². The van der Waals surface area contributed by atoms with Gasteiger partial charge in [0.2, 0.25) is 0 Å². The summed E-state index contributed by atoms with van der Waals surface area (Å²) in [4.78, 5) is 27.8. The van der Waals surface area contributed by atoms with E-state index in [1.807, 2.05) is 0 Å². The lowest BCUT2D eigenvalue weighted by Crippen LogP contribution is -2.39. The molecule has 11 nitrogen and oxygen atoms in total. The average molecular weight is 356 g/mol. The molecule has 0 bridgehead atoms. The minimum atomic E-state index is -1.21. The minimum absolute atomic E-state index is 0.447. The van der Waals surface area contributed by atoms with E-state index in [0.29, 0.717) is 17.5 Å². The third-order valence-corrected chi connectivity index (χ3v) is 3.81. The summed E-state index contributed by atoms with van der Waals surface area (Å²) in [6, 6.07) is 1.62. The predicted octanol–water partition coefficient (Wildman–Crippen LogP) is 2.90. The van der Waals surface area contributed by atoms with Gasteiger partial charge in [-0.15, -0.1) is 0 Å². The second kappa shape index (κ2) is 7.83. The minimum Gasteiger partial charge on any atom is -0.497 e. The van der Waals surface area contributed by atoms with Crippen LogP contribution in [0.25, 0.3) is 0 Å². The molecule has 1 saturated heterocycles. The molecule has 1 fully saturated rings. The van der Waals surface area contributed by atoms with E-state index >= 15 is 0 Å². The number of rotatable bonds is 3. The lowest BCUT2D eigenvalue weighted by Gasteiger charge is -2.34. The maximum atomic E-state index is 10.4. The highest BCUT2D eigenvalue weighted by molar-refractivity contribution is 5.64. The molecule has 1 aromatic rings. The third kappa shape index (κ3) is 5.64. The number of aromatic hydroxyl groups is 1. The normalized spacial score (nSPS) is 18.6. The number of nitrogens with one attached hydrogen (secondary N) is 1. The van der Waals surface area contributed by atoms with E-state index in [-0.39, 0.29) is 0 Å². The van der Waals surface area contributed by atoms with Crippen molar-refractivity contribution in [3.8, 4) is 5.75 Å². The Morgan fingerprint density at radius 3 is 1.84 bits per heavy atom. The van der Waals surface area contributed by atoms with E-state index in [4.69, 9.17) is 5.11 Å². The predicted molar refractivity (Wildman–Crippen MR) is 88.5 cm³/mol. The van der Waals surface area contributed by atoms with Gasteiger partial charge in [-0.05, 0) is 31.7 Å². The van der Waals surface area contributed by atoms with Crippen LogP contribution in [0.15, 0.2) is 12.1 Å². The molecule has 138 valence electrons. The highest BCUT2D eigenvalue weighted by atomic mass is 16.6. The van der Waals surface area contributed by atoms with Gasteiger partial charge in [0.05, 0.1) is 26.9 Å². The van der Waals surface area contributed by atoms with Crippen LogP contribution in [-0.2, 0) is 0 Å². The smallest absolute Gasteiger partial charge is 0.324 e. The van der Waals surface area contributed by atoms with Gasteiger partial charge in [-0.25, -0.2) is 0 Å². The quantitative estimate of drug-likeness (QED) is 0.617. The second-order valence-electron chi connectivity index (χ2n) is 6.58. The van der Waals surface area contributed by atoms with E-state index in [0.717, 1.165) is 6.04 Å². The summed E-state index contributed by atoms with van der Waals surface area (Å²) in [6.07, 6.45) is 2.66. The van der Waals surface area contributed by atoms with E-state index in [9.17, 15) is 30.3 Å². The van der Waals surface area contributed by atoms with Gasteiger partial charge in [0.15, 0.2) is 0 Å². The van der Waals surface area contributed by atoms with Crippen molar-refractivity contribution in [1.82, 2.24) is 5.32 Å². The number of piperidine rings is 1. The maximum absolute atomic E-state index is 10.4. The van der Waals surface area contributed by atoms with Gasteiger partial charge < -0.3 is 10.4 Å². The Morgan fingerprint density at radius 2 is 1.56 bits per heavy atom. The lowest BCUT2D eigenvalue weighted by molar-refractivity contribution is -0.404. The van der Waals surface area contributed by atoms with Crippen LogP contribution in [-0.4, -0.2) is 32.5 Å². The summed E-state index contributed by atoms with van der Waals surface area (Å²) in [7, 11) is 0. The van der Waals surface area contributed by atoms with Crippen molar-refractivity contribution < 1.29 is 19.9 Å². The van der Waals surface area contributed by atoms with Crippen molar-refractivity contribution in [2.45, 2.75) is 39.7 Å². The SMILES string of the molecule is CC1CC(C)(C)CCN1.O=[N+]([O-])c1cc([N+](=O)[O-])c(O)c([N+](=O)[O-])c1. The lowest BCUT2D eigenvalue weighted by atomic mass is 9.80. The van der Waals surface area contributed by atoms with Gasteiger partial charge in [0.1, 0.15) is 0 Å². The van der Waals surface area contributed by atoms with Gasteiger partial charge in [-0.2, -0.15) is 0 Å². The van der Waals surface area contributed by atoms with Crippen molar-refractivity contribution in [3.63, 3.8) is 0 Å². The first-order chi connectivity index (χ1) is 11.4. The number of phenols is 1. The summed E-state index contributed by atoms with van der Waals surface area (Å²) in [5.41, 5.74) is -2.41. The Labute approximate surface area is 143 Å². The molecule has 0 aliphatic carbocycles. The summed E-state index contributed by atoms with van der Waals surface area (Å²) in [6.45, 7) is 8.17. The average Bonchev–Trinajstić information content (AvgIpc) is 2.45. The first-order valence-corrected chi connectivity index (χ1v) is 7.48. The van der Waals surface area contributed by atoms with Crippen molar-refractivity contribution in [3.05, 3.63) is 42.5 Å². The van der Waals surface area contributed by atoms with Gasteiger partial charge >= 0.3 is 11.4 Å². The fourth-order valence-corrected chi connectivity index (χ4v) is 2.63. The molecular weight excluding hydrogens is 336 g/mol. The molecule has 2 rings (SSSR count). The number of non-ortho nitro benzene ring substituents is 1. The number of nitro benzene ring substituents is 3. The zero-order chi connectivity index (χ0) is 19.4. The Kier molecular flexibility index (Phi) is 6.34. The number of hydrogen-bond acceptors (Lipinski definition) is 8. The Hall–Kier alpha value is -2.82. The van der Waals surface area contributed by atoms with Crippen molar-refractivity contribution in [2.75, 3.05) is 6.54 Å². The molecule has 0 radical (unpaired) electrons. The van der Waals surface area contributed by atoms with Crippen LogP contribution in [0.2, 0.25) is 0 Å². The fraction of sp³-hybridized carbons (Fsp3) is 0.571. The van der Waals surface area contributed by atoms with Crippen LogP contribution >= 0.6 is 0 Å². The third-order valence-electron chi connectivity index (χ3n) is 3.81. The van der Waals surface area contributed by atoms with Crippen LogP contribution in [0.3, 0.4) is 0 Å². The zero-order valence-corrected chi connectivity index (χ0v) is 14.1. The molecule has 0 aromatic heterocycles. The summed E-state index contributed by atoms with van der Waals surface area (Å²) in [5, 5.41) is 43.7. The van der Waals surface area contributed by atoms with E-state index < -0.39 is 37.6 Å². The summed E-state index contributed by atoms with van der Waals surface area (Å²) >= 11 is 0. The standard InChI is InChI=1S/C8H17N.C6H3N3O7/c1-7-6-8(2,3)4-5-9-7;10-6-4(8(13)14)1-3(7(11)12)2-5(6)9(15)16/h7,9H,4-6H2,1-3H3;1-2,10H. The first kappa shape index (κ1) is 20.2. The molecule has 0 amide bonds. The van der Waals surface area contributed by atoms with Crippen LogP contribution in [0.4, 0.5) is 17.1 Å². The topological polar surface area (TPSA) is 162 Å². The molecule has 0 spiro atoms. The monoisotopic (exact) mass is 356 g/mol. The highest BCUT2D eigenvalue weighted by Gasteiger charge is 2.30. The molecule has 1 heterocycles. The van der Waals surface area contributed by atoms with Gasteiger partial charge in [0.25, 0.3) is 11.4 Å². The number of benzene rings is 1. The van der Waals surface area contributed by atoms with Gasteiger partial charge in [0, 0.05) is 6.04 Å². The Morgan fingerprint density at radius 1 is 1.08 bits per heavy atom. The van der Waals surface area contributed by atoms with Crippen LogP contribution in [0, 0.1) is 35.8 Å². The van der Waals surface area contributed by atoms with E-state index in [1.54, 1.807) is 0 Å². The molecule has 1 aliphatic heterocycles. The van der Waals surface area contributed by atoms with Crippen molar-refractivity contribution >= 4 is 17.1 Å². The molecule has 0 saturated carbocycles. The van der Waals surface area contributed by atoms with Crippen molar-refractivity contribution in [1.29, 1.82) is 0 Å².